The third-order valence-corrected chi connectivity index (χ3v) is 11.1. The van der Waals surface area contributed by atoms with Gasteiger partial charge in [-0.25, -0.2) is 0 Å². The molecule has 2 aromatic heterocycles. The smallest absolute Gasteiger partial charge is 0.143 e. The quantitative estimate of drug-likeness (QED) is 0.172. The van der Waals surface area contributed by atoms with E-state index in [-0.39, 0.29) is 0 Å². The van der Waals surface area contributed by atoms with E-state index in [2.05, 4.69) is 181 Å². The molecule has 3 nitrogen and oxygen atoms in total. The van der Waals surface area contributed by atoms with Gasteiger partial charge in [0.2, 0.25) is 0 Å². The molecule has 1 aliphatic rings. The molecule has 0 fully saturated rings. The van der Waals surface area contributed by atoms with Gasteiger partial charge in [-0.1, -0.05) is 127 Å². The maximum atomic E-state index is 6.50. The van der Waals surface area contributed by atoms with Crippen LogP contribution >= 0.6 is 0 Å². The third kappa shape index (κ3) is 5.27. The van der Waals surface area contributed by atoms with Crippen molar-refractivity contribution in [1.29, 1.82) is 0 Å². The Bertz CT molecular complexity index is 3140. The maximum absolute atomic E-state index is 6.50. The molecular formula is C52H35NO2. The van der Waals surface area contributed by atoms with E-state index in [4.69, 9.17) is 8.83 Å². The summed E-state index contributed by atoms with van der Waals surface area (Å²) >= 11 is 0. The van der Waals surface area contributed by atoms with Crippen LogP contribution in [0.25, 0.3) is 82.5 Å². The van der Waals surface area contributed by atoms with E-state index < -0.39 is 0 Å². The van der Waals surface area contributed by atoms with Crippen LogP contribution in [0.5, 0.6) is 0 Å². The van der Waals surface area contributed by atoms with Gasteiger partial charge in [0, 0.05) is 43.9 Å². The first kappa shape index (κ1) is 31.4. The van der Waals surface area contributed by atoms with E-state index in [1.165, 1.54) is 16.5 Å². The molecule has 0 saturated heterocycles. The summed E-state index contributed by atoms with van der Waals surface area (Å²) in [7, 11) is 0. The van der Waals surface area contributed by atoms with Crippen LogP contribution in [0.2, 0.25) is 0 Å². The fraction of sp³-hybridized carbons (Fsp3) is 0.0385. The Morgan fingerprint density at radius 2 is 1.13 bits per heavy atom. The predicted molar refractivity (Wildman–Crippen MR) is 230 cm³/mol. The molecule has 1 aliphatic carbocycles. The number of rotatable bonds is 6. The zero-order chi connectivity index (χ0) is 36.3. The van der Waals surface area contributed by atoms with Gasteiger partial charge < -0.3 is 13.7 Å². The molecule has 3 heteroatoms. The SMILES string of the molecule is C1=CC(c2ccc(N(c3ccc(-c4cccc5oc6ccccc6c45)cc3)c3ccccc3-c3ccc4oc5c6ccccc6ccc5c4c3)cc2)=CCC1. The number of benzene rings is 8. The van der Waals surface area contributed by atoms with Crippen molar-refractivity contribution in [1.82, 2.24) is 0 Å². The number of anilines is 3. The molecule has 0 spiro atoms. The summed E-state index contributed by atoms with van der Waals surface area (Å²) in [5.41, 5.74) is 14.0. The Labute approximate surface area is 318 Å². The molecule has 2 heterocycles. The topological polar surface area (TPSA) is 29.5 Å². The average Bonchev–Trinajstić information content (AvgIpc) is 3.83. The summed E-state index contributed by atoms with van der Waals surface area (Å²) in [5.74, 6) is 0. The van der Waals surface area contributed by atoms with Gasteiger partial charge in [0.05, 0.1) is 5.69 Å². The molecular weight excluding hydrogens is 671 g/mol. The molecule has 11 rings (SSSR count). The molecule has 8 aromatic carbocycles. The molecule has 10 aromatic rings. The van der Waals surface area contributed by atoms with Crippen molar-refractivity contribution in [3.05, 3.63) is 194 Å². The Balaban J connectivity index is 1.06. The Morgan fingerprint density at radius 3 is 1.96 bits per heavy atom. The van der Waals surface area contributed by atoms with E-state index in [9.17, 15) is 0 Å². The van der Waals surface area contributed by atoms with E-state index in [1.807, 2.05) is 12.1 Å². The van der Waals surface area contributed by atoms with Crippen molar-refractivity contribution in [2.45, 2.75) is 12.8 Å². The summed E-state index contributed by atoms with van der Waals surface area (Å²) in [5, 5.41) is 6.83. The van der Waals surface area contributed by atoms with Gasteiger partial charge in [-0.05, 0) is 107 Å². The highest BCUT2D eigenvalue weighted by Crippen LogP contribution is 2.44. The first-order chi connectivity index (χ1) is 27.3. The fourth-order valence-electron chi connectivity index (χ4n) is 8.45. The van der Waals surface area contributed by atoms with Crippen molar-refractivity contribution in [3.63, 3.8) is 0 Å². The lowest BCUT2D eigenvalue weighted by Gasteiger charge is -2.28. The van der Waals surface area contributed by atoms with Crippen molar-refractivity contribution >= 4 is 77.3 Å². The van der Waals surface area contributed by atoms with Gasteiger partial charge in [0.25, 0.3) is 0 Å². The maximum Gasteiger partial charge on any atom is 0.143 e. The van der Waals surface area contributed by atoms with Gasteiger partial charge in [0.1, 0.15) is 22.3 Å². The molecule has 0 atom stereocenters. The number of fused-ring (bicyclic) bond motifs is 8. The first-order valence-electron chi connectivity index (χ1n) is 19.0. The van der Waals surface area contributed by atoms with Crippen LogP contribution in [0.3, 0.4) is 0 Å². The summed E-state index contributed by atoms with van der Waals surface area (Å²) < 4.78 is 12.7. The molecule has 0 amide bonds. The molecule has 0 radical (unpaired) electrons. The highest BCUT2D eigenvalue weighted by molar-refractivity contribution is 6.16. The lowest BCUT2D eigenvalue weighted by molar-refractivity contribution is 0.669. The van der Waals surface area contributed by atoms with Crippen LogP contribution in [-0.2, 0) is 0 Å². The second kappa shape index (κ2) is 12.8. The third-order valence-electron chi connectivity index (χ3n) is 11.1. The average molecular weight is 706 g/mol. The minimum absolute atomic E-state index is 0.891. The lowest BCUT2D eigenvalue weighted by Crippen LogP contribution is -2.11. The lowest BCUT2D eigenvalue weighted by atomic mass is 9.97. The Morgan fingerprint density at radius 1 is 0.436 bits per heavy atom. The number of hydrogen-bond donors (Lipinski definition) is 0. The van der Waals surface area contributed by atoms with Crippen LogP contribution in [-0.4, -0.2) is 0 Å². The highest BCUT2D eigenvalue weighted by atomic mass is 16.3. The molecule has 0 bridgehead atoms. The first-order valence-corrected chi connectivity index (χ1v) is 19.0. The summed E-state index contributed by atoms with van der Waals surface area (Å²) in [6, 6.07) is 60.7. The molecule has 0 saturated carbocycles. The van der Waals surface area contributed by atoms with Crippen LogP contribution < -0.4 is 4.90 Å². The van der Waals surface area contributed by atoms with Crippen LogP contribution in [0.1, 0.15) is 18.4 Å². The fourth-order valence-corrected chi connectivity index (χ4v) is 8.45. The number of nitrogens with zero attached hydrogens (tertiary/aromatic N) is 1. The minimum Gasteiger partial charge on any atom is -0.456 e. The van der Waals surface area contributed by atoms with Crippen molar-refractivity contribution in [2.75, 3.05) is 4.90 Å². The second-order valence-corrected chi connectivity index (χ2v) is 14.3. The zero-order valence-electron chi connectivity index (χ0n) is 30.1. The molecule has 0 unspecified atom stereocenters. The van der Waals surface area contributed by atoms with Crippen LogP contribution in [0, 0.1) is 0 Å². The van der Waals surface area contributed by atoms with Crippen LogP contribution in [0.4, 0.5) is 17.1 Å². The van der Waals surface area contributed by atoms with E-state index in [0.29, 0.717) is 0 Å². The number of furan rings is 2. The number of hydrogen-bond acceptors (Lipinski definition) is 3. The van der Waals surface area contributed by atoms with Gasteiger partial charge in [-0.3, -0.25) is 0 Å². The largest absolute Gasteiger partial charge is 0.456 e. The predicted octanol–water partition coefficient (Wildman–Crippen LogP) is 15.2. The normalized spacial score (nSPS) is 13.0. The monoisotopic (exact) mass is 705 g/mol. The highest BCUT2D eigenvalue weighted by Gasteiger charge is 2.20. The molecule has 55 heavy (non-hydrogen) atoms. The van der Waals surface area contributed by atoms with Gasteiger partial charge in [-0.15, -0.1) is 0 Å². The van der Waals surface area contributed by atoms with Crippen LogP contribution in [0.15, 0.2) is 197 Å². The van der Waals surface area contributed by atoms with E-state index >= 15 is 0 Å². The zero-order valence-corrected chi connectivity index (χ0v) is 30.1. The number of para-hydroxylation sites is 2. The van der Waals surface area contributed by atoms with Crippen molar-refractivity contribution in [3.8, 4) is 22.3 Å². The summed E-state index contributed by atoms with van der Waals surface area (Å²) in [4.78, 5) is 2.38. The Kier molecular flexibility index (Phi) is 7.31. The van der Waals surface area contributed by atoms with Crippen molar-refractivity contribution in [2.24, 2.45) is 0 Å². The Hall–Kier alpha value is -7.10. The van der Waals surface area contributed by atoms with E-state index in [1.54, 1.807) is 0 Å². The molecule has 0 aliphatic heterocycles. The molecule has 260 valence electrons. The second-order valence-electron chi connectivity index (χ2n) is 14.3. The number of allylic oxidation sites excluding steroid dienone is 4. The van der Waals surface area contributed by atoms with Gasteiger partial charge in [-0.2, -0.15) is 0 Å². The van der Waals surface area contributed by atoms with Crippen molar-refractivity contribution < 1.29 is 8.83 Å². The minimum atomic E-state index is 0.891. The van der Waals surface area contributed by atoms with E-state index in [0.717, 1.165) is 101 Å². The summed E-state index contributed by atoms with van der Waals surface area (Å²) in [6.45, 7) is 0. The van der Waals surface area contributed by atoms with Gasteiger partial charge >= 0.3 is 0 Å². The standard InChI is InChI=1S/C52H35NO2/c1-2-11-34(12-3-1)35-21-27-39(28-22-35)53(40-29-23-37(24-30-40)42-17-10-20-50-51(42)45-16-7-9-19-48(45)54-50)47-18-8-6-14-41(47)38-26-32-49-46(33-38)44-31-25-36-13-4-5-15-43(36)52(44)55-49/h2,4-33H,1,3H2. The molecule has 0 N–H and O–H groups in total. The van der Waals surface area contributed by atoms with Gasteiger partial charge in [0.15, 0.2) is 0 Å². The summed E-state index contributed by atoms with van der Waals surface area (Å²) in [6.07, 6.45) is 9.02.